The number of hydrogen-bond acceptors (Lipinski definition) is 3. The molecule has 0 aliphatic rings. The molecule has 0 aromatic heterocycles. The number of benzene rings is 1. The van der Waals surface area contributed by atoms with E-state index in [0.717, 1.165) is 32.1 Å². The lowest BCUT2D eigenvalue weighted by Gasteiger charge is -2.37. The third-order valence-corrected chi connectivity index (χ3v) is 4.63. The third kappa shape index (κ3) is 5.18. The molecule has 0 fully saturated rings. The molecule has 1 atom stereocenters. The van der Waals surface area contributed by atoms with Crippen molar-refractivity contribution >= 4 is 0 Å². The van der Waals surface area contributed by atoms with Gasteiger partial charge in [-0.2, -0.15) is 0 Å². The van der Waals surface area contributed by atoms with Crippen molar-refractivity contribution in [3.05, 3.63) is 34.9 Å². The van der Waals surface area contributed by atoms with E-state index in [1.807, 2.05) is 0 Å². The van der Waals surface area contributed by atoms with E-state index in [2.05, 4.69) is 6.92 Å². The Balaban J connectivity index is 3.13. The van der Waals surface area contributed by atoms with Crippen LogP contribution >= 0.6 is 0 Å². The standard InChI is InChI=1S/C19H28F4O3/c1-5-6-7-8-9-10-11-14(19(24-2,25-3)26-4)13-12-15(20)17(22)18(23)16(13)21/h12,14H,5-11H2,1-4H3. The SMILES string of the molecule is CCCCCCCCC(c1cc(F)c(F)c(F)c1F)C(OC)(OC)OC. The Bertz CT molecular complexity index is 554. The summed E-state index contributed by atoms with van der Waals surface area (Å²) in [5.41, 5.74) is -0.375. The Morgan fingerprint density at radius 3 is 1.88 bits per heavy atom. The van der Waals surface area contributed by atoms with Crippen LogP contribution in [0, 0.1) is 23.3 Å². The number of rotatable bonds is 12. The van der Waals surface area contributed by atoms with Crippen LogP contribution in [0.15, 0.2) is 6.07 Å². The molecule has 26 heavy (non-hydrogen) atoms. The van der Waals surface area contributed by atoms with E-state index in [4.69, 9.17) is 14.2 Å². The zero-order valence-corrected chi connectivity index (χ0v) is 15.8. The summed E-state index contributed by atoms with van der Waals surface area (Å²) in [7, 11) is 3.86. The van der Waals surface area contributed by atoms with Gasteiger partial charge in [0.05, 0.1) is 5.92 Å². The monoisotopic (exact) mass is 380 g/mol. The van der Waals surface area contributed by atoms with Crippen molar-refractivity contribution in [2.24, 2.45) is 0 Å². The van der Waals surface area contributed by atoms with Gasteiger partial charge in [-0.05, 0) is 12.5 Å². The maximum atomic E-state index is 14.4. The van der Waals surface area contributed by atoms with E-state index >= 15 is 0 Å². The summed E-state index contributed by atoms with van der Waals surface area (Å²) in [5.74, 6) is -9.34. The molecule has 0 aliphatic carbocycles. The molecular formula is C19H28F4O3. The highest BCUT2D eigenvalue weighted by molar-refractivity contribution is 5.26. The maximum absolute atomic E-state index is 14.4. The van der Waals surface area contributed by atoms with Gasteiger partial charge in [-0.3, -0.25) is 0 Å². The van der Waals surface area contributed by atoms with Crippen LogP contribution < -0.4 is 0 Å². The second-order valence-electron chi connectivity index (χ2n) is 6.21. The molecule has 0 heterocycles. The second-order valence-corrected chi connectivity index (χ2v) is 6.21. The summed E-state index contributed by atoms with van der Waals surface area (Å²) in [5, 5.41) is 0. The van der Waals surface area contributed by atoms with Crippen LogP contribution in [0.4, 0.5) is 17.6 Å². The van der Waals surface area contributed by atoms with Gasteiger partial charge in [-0.1, -0.05) is 45.4 Å². The van der Waals surface area contributed by atoms with Crippen molar-refractivity contribution in [1.82, 2.24) is 0 Å². The minimum atomic E-state index is -1.86. The van der Waals surface area contributed by atoms with Crippen LogP contribution in [-0.4, -0.2) is 27.3 Å². The topological polar surface area (TPSA) is 27.7 Å². The van der Waals surface area contributed by atoms with Crippen LogP contribution in [-0.2, 0) is 14.2 Å². The zero-order valence-electron chi connectivity index (χ0n) is 15.8. The normalized spacial score (nSPS) is 13.2. The first-order chi connectivity index (χ1) is 12.4. The fraction of sp³-hybridized carbons (Fsp3) is 0.684. The molecule has 3 nitrogen and oxygen atoms in total. The Morgan fingerprint density at radius 1 is 0.808 bits per heavy atom. The molecule has 0 spiro atoms. The molecule has 1 aromatic rings. The van der Waals surface area contributed by atoms with Crippen LogP contribution in [0.5, 0.6) is 0 Å². The smallest absolute Gasteiger partial charge is 0.289 e. The lowest BCUT2D eigenvalue weighted by Crippen LogP contribution is -2.43. The summed E-state index contributed by atoms with van der Waals surface area (Å²) in [6.45, 7) is 2.11. The Labute approximate surface area is 152 Å². The van der Waals surface area contributed by atoms with E-state index in [9.17, 15) is 17.6 Å². The van der Waals surface area contributed by atoms with E-state index < -0.39 is 35.2 Å². The molecule has 0 radical (unpaired) electrons. The Morgan fingerprint density at radius 2 is 1.35 bits per heavy atom. The molecular weight excluding hydrogens is 352 g/mol. The molecule has 150 valence electrons. The zero-order chi connectivity index (χ0) is 19.7. The minimum absolute atomic E-state index is 0.295. The molecule has 1 unspecified atom stereocenters. The third-order valence-electron chi connectivity index (χ3n) is 4.63. The van der Waals surface area contributed by atoms with Crippen LogP contribution in [0.2, 0.25) is 0 Å². The average Bonchev–Trinajstić information content (AvgIpc) is 2.66. The van der Waals surface area contributed by atoms with Gasteiger partial charge in [0.1, 0.15) is 0 Å². The van der Waals surface area contributed by atoms with Crippen LogP contribution in [0.1, 0.15) is 63.4 Å². The Kier molecular flexibility index (Phi) is 9.54. The number of unbranched alkanes of at least 4 members (excludes halogenated alkanes) is 5. The first-order valence-electron chi connectivity index (χ1n) is 8.86. The van der Waals surface area contributed by atoms with E-state index in [0.29, 0.717) is 18.9 Å². The fourth-order valence-electron chi connectivity index (χ4n) is 3.17. The van der Waals surface area contributed by atoms with Crippen molar-refractivity contribution in [2.45, 2.75) is 63.8 Å². The highest BCUT2D eigenvalue weighted by Crippen LogP contribution is 2.39. The lowest BCUT2D eigenvalue weighted by atomic mass is 9.89. The summed E-state index contributed by atoms with van der Waals surface area (Å²) >= 11 is 0. The van der Waals surface area contributed by atoms with Crippen molar-refractivity contribution in [3.63, 3.8) is 0 Å². The lowest BCUT2D eigenvalue weighted by molar-refractivity contribution is -0.365. The summed E-state index contributed by atoms with van der Waals surface area (Å²) in [6, 6.07) is 0.640. The summed E-state index contributed by atoms with van der Waals surface area (Å²) in [6.07, 6.45) is 6.12. The molecule has 0 bridgehead atoms. The van der Waals surface area contributed by atoms with Gasteiger partial charge in [-0.25, -0.2) is 17.6 Å². The number of methoxy groups -OCH3 is 3. The number of halogens is 4. The summed E-state index contributed by atoms with van der Waals surface area (Å²) in [4.78, 5) is 0. The molecule has 0 amide bonds. The number of ether oxygens (including phenoxy) is 3. The van der Waals surface area contributed by atoms with Crippen LogP contribution in [0.3, 0.4) is 0 Å². The first-order valence-corrected chi connectivity index (χ1v) is 8.86. The molecule has 0 aliphatic heterocycles. The van der Waals surface area contributed by atoms with Crippen LogP contribution in [0.25, 0.3) is 0 Å². The predicted octanol–water partition coefficient (Wildman–Crippen LogP) is 5.67. The second kappa shape index (κ2) is 10.8. The van der Waals surface area contributed by atoms with E-state index in [1.165, 1.54) is 21.3 Å². The van der Waals surface area contributed by atoms with Gasteiger partial charge in [0.15, 0.2) is 23.3 Å². The fourth-order valence-corrected chi connectivity index (χ4v) is 3.17. The molecule has 7 heteroatoms. The van der Waals surface area contributed by atoms with Gasteiger partial charge in [0.2, 0.25) is 0 Å². The average molecular weight is 380 g/mol. The molecule has 1 rings (SSSR count). The molecule has 0 saturated heterocycles. The van der Waals surface area contributed by atoms with Gasteiger partial charge in [-0.15, -0.1) is 0 Å². The van der Waals surface area contributed by atoms with Crippen molar-refractivity contribution in [3.8, 4) is 0 Å². The quantitative estimate of drug-likeness (QED) is 0.154. The van der Waals surface area contributed by atoms with E-state index in [-0.39, 0.29) is 5.56 Å². The highest BCUT2D eigenvalue weighted by Gasteiger charge is 2.43. The van der Waals surface area contributed by atoms with Crippen molar-refractivity contribution < 1.29 is 31.8 Å². The highest BCUT2D eigenvalue weighted by atomic mass is 19.2. The van der Waals surface area contributed by atoms with E-state index in [1.54, 1.807) is 0 Å². The summed E-state index contributed by atoms with van der Waals surface area (Å²) < 4.78 is 70.9. The minimum Gasteiger partial charge on any atom is -0.330 e. The first kappa shape index (κ1) is 22.9. The Hall–Kier alpha value is -1.18. The molecule has 1 aromatic carbocycles. The van der Waals surface area contributed by atoms with Gasteiger partial charge < -0.3 is 14.2 Å². The largest absolute Gasteiger partial charge is 0.330 e. The van der Waals surface area contributed by atoms with Gasteiger partial charge >= 0.3 is 0 Å². The van der Waals surface area contributed by atoms with Gasteiger partial charge in [0, 0.05) is 26.9 Å². The predicted molar refractivity (Wildman–Crippen MR) is 90.8 cm³/mol. The molecule has 0 N–H and O–H groups in total. The van der Waals surface area contributed by atoms with Crippen molar-refractivity contribution in [1.29, 1.82) is 0 Å². The number of hydrogen-bond donors (Lipinski definition) is 0. The van der Waals surface area contributed by atoms with Crippen molar-refractivity contribution in [2.75, 3.05) is 21.3 Å². The molecule has 0 saturated carbocycles. The maximum Gasteiger partial charge on any atom is 0.289 e. The van der Waals surface area contributed by atoms with Gasteiger partial charge in [0.25, 0.3) is 5.97 Å².